The number of hydrogen-bond acceptors (Lipinski definition) is 12. The maximum absolute atomic E-state index is 5.97. The summed E-state index contributed by atoms with van der Waals surface area (Å²) in [5, 5.41) is 5.23. The number of rotatable bonds is 10. The second-order valence-corrected chi connectivity index (χ2v) is 10.6. The fourth-order valence-corrected chi connectivity index (χ4v) is 5.09. The van der Waals surface area contributed by atoms with Gasteiger partial charge in [0.05, 0.1) is 37.0 Å². The van der Waals surface area contributed by atoms with Crippen LogP contribution in [0.3, 0.4) is 0 Å². The number of piperazine rings is 1. The highest BCUT2D eigenvalue weighted by molar-refractivity contribution is 5.93. The lowest BCUT2D eigenvalue weighted by Crippen LogP contribution is -2.45. The molecule has 234 valence electrons. The molecule has 0 aliphatic carbocycles. The third-order valence-corrected chi connectivity index (χ3v) is 7.62. The number of likely N-dealkylation sites (N-methyl/N-ethyl adjacent to an activating group) is 1. The molecule has 0 unspecified atom stereocenters. The topological polar surface area (TPSA) is 116 Å². The Labute approximate surface area is 261 Å². The molecule has 12 nitrogen and oxygen atoms in total. The average Bonchev–Trinajstić information content (AvgIpc) is 3.57. The van der Waals surface area contributed by atoms with E-state index in [1.807, 2.05) is 60.8 Å². The van der Waals surface area contributed by atoms with E-state index in [0.717, 1.165) is 60.2 Å². The summed E-state index contributed by atoms with van der Waals surface area (Å²) in [5.41, 5.74) is 2.50. The van der Waals surface area contributed by atoms with Gasteiger partial charge in [-0.1, -0.05) is 24.3 Å². The second kappa shape index (κ2) is 14.8. The van der Waals surface area contributed by atoms with E-state index < -0.39 is 0 Å². The van der Waals surface area contributed by atoms with Gasteiger partial charge < -0.3 is 33.9 Å². The molecule has 0 saturated carbocycles. The largest absolute Gasteiger partial charge is 0.493 e. The van der Waals surface area contributed by atoms with Gasteiger partial charge in [0.25, 0.3) is 0 Å². The number of nitrogens with zero attached hydrogens (tertiary/aromatic N) is 6. The number of para-hydroxylation sites is 2. The zero-order chi connectivity index (χ0) is 30.8. The van der Waals surface area contributed by atoms with Crippen molar-refractivity contribution in [3.05, 3.63) is 73.4 Å². The van der Waals surface area contributed by atoms with Crippen molar-refractivity contribution in [3.63, 3.8) is 0 Å². The van der Waals surface area contributed by atoms with Crippen molar-refractivity contribution >= 4 is 33.3 Å². The normalized spacial score (nSPS) is 14.6. The Morgan fingerprint density at radius 1 is 0.844 bits per heavy atom. The van der Waals surface area contributed by atoms with Crippen LogP contribution in [0, 0.1) is 0 Å². The number of anilines is 2. The summed E-state index contributed by atoms with van der Waals surface area (Å²) >= 11 is 0. The maximum Gasteiger partial charge on any atom is 0.231 e. The number of benzene rings is 3. The molecular formula is C33H37N7O5. The van der Waals surface area contributed by atoms with E-state index >= 15 is 0 Å². The number of fused-ring (bicyclic) bond motifs is 3. The van der Waals surface area contributed by atoms with Crippen LogP contribution in [0.2, 0.25) is 0 Å². The van der Waals surface area contributed by atoms with Crippen LogP contribution < -0.4 is 24.3 Å². The fourth-order valence-electron chi connectivity index (χ4n) is 5.09. The predicted molar refractivity (Wildman–Crippen MR) is 172 cm³/mol. The van der Waals surface area contributed by atoms with Crippen LogP contribution in [-0.4, -0.2) is 103 Å². The molecule has 12 heteroatoms. The van der Waals surface area contributed by atoms with Gasteiger partial charge in [0.15, 0.2) is 23.0 Å². The molecule has 2 aliphatic rings. The van der Waals surface area contributed by atoms with Crippen molar-refractivity contribution in [2.24, 2.45) is 0 Å². The Bertz CT molecular complexity index is 1650. The fraction of sp³-hybridized carbons (Fsp3) is 0.333. The smallest absolute Gasteiger partial charge is 0.231 e. The van der Waals surface area contributed by atoms with Gasteiger partial charge in [-0.25, -0.2) is 19.9 Å². The summed E-state index contributed by atoms with van der Waals surface area (Å²) < 4.78 is 28.4. The van der Waals surface area contributed by atoms with Crippen molar-refractivity contribution < 1.29 is 23.7 Å². The highest BCUT2D eigenvalue weighted by atomic mass is 16.7. The number of ether oxygens (including phenoxy) is 5. The lowest BCUT2D eigenvalue weighted by atomic mass is 10.2. The first-order valence-corrected chi connectivity index (χ1v) is 14.9. The van der Waals surface area contributed by atoms with Crippen molar-refractivity contribution in [3.8, 4) is 23.0 Å². The summed E-state index contributed by atoms with van der Waals surface area (Å²) in [6, 6.07) is 17.3. The quantitative estimate of drug-likeness (QED) is 0.226. The molecule has 3 aromatic carbocycles. The molecule has 1 fully saturated rings. The highest BCUT2D eigenvalue weighted by Crippen LogP contribution is 2.41. The van der Waals surface area contributed by atoms with E-state index in [1.165, 1.54) is 6.33 Å². The Morgan fingerprint density at radius 2 is 1.71 bits per heavy atom. The number of hydrogen-bond donors (Lipinski definition) is 1. The van der Waals surface area contributed by atoms with E-state index in [2.05, 4.69) is 42.1 Å². The summed E-state index contributed by atoms with van der Waals surface area (Å²) in [5.74, 6) is 3.22. The third kappa shape index (κ3) is 7.66. The van der Waals surface area contributed by atoms with Gasteiger partial charge in [-0.15, -0.1) is 0 Å². The lowest BCUT2D eigenvalue weighted by molar-refractivity contribution is 0.0653. The predicted octanol–water partition coefficient (Wildman–Crippen LogP) is 4.38. The van der Waals surface area contributed by atoms with Crippen LogP contribution in [-0.2, 0) is 4.74 Å². The van der Waals surface area contributed by atoms with Gasteiger partial charge in [-0.2, -0.15) is 0 Å². The van der Waals surface area contributed by atoms with Crippen molar-refractivity contribution in [2.75, 3.05) is 78.8 Å². The van der Waals surface area contributed by atoms with E-state index in [4.69, 9.17) is 23.7 Å². The molecule has 1 saturated heterocycles. The van der Waals surface area contributed by atoms with E-state index in [9.17, 15) is 0 Å². The Morgan fingerprint density at radius 3 is 2.58 bits per heavy atom. The molecule has 2 aromatic heterocycles. The summed E-state index contributed by atoms with van der Waals surface area (Å²) in [7, 11) is 3.78. The molecule has 0 atom stereocenters. The van der Waals surface area contributed by atoms with Gasteiger partial charge in [-0.3, -0.25) is 4.90 Å². The number of nitrogens with one attached hydrogen (secondary N) is 1. The van der Waals surface area contributed by atoms with Crippen LogP contribution in [0.25, 0.3) is 21.8 Å². The van der Waals surface area contributed by atoms with Gasteiger partial charge in [-0.05, 0) is 31.3 Å². The van der Waals surface area contributed by atoms with E-state index in [1.54, 1.807) is 13.4 Å². The molecule has 0 amide bonds. The first kappa shape index (κ1) is 30.3. The molecule has 4 heterocycles. The molecular weight excluding hydrogens is 574 g/mol. The molecule has 0 radical (unpaired) electrons. The standard InChI is InChI=1S/C25H31N5O5.C8H6N2/c1-29-6-8-30(9-7-29)10-11-32-12-13-33-23-15-20-18(14-22(23)31-2)25(27-16-26-20)28-19-4-3-5-21-24(19)35-17-34-21;1-2-4-8-7(3-1)5-9-6-10-8/h3-5,14-16H,6-13,17H2,1-2H3,(H,26,27,28);1-6H. The van der Waals surface area contributed by atoms with Crippen molar-refractivity contribution in [2.45, 2.75) is 0 Å². The van der Waals surface area contributed by atoms with Crippen LogP contribution in [0.1, 0.15) is 0 Å². The molecule has 0 bridgehead atoms. The van der Waals surface area contributed by atoms with Crippen LogP contribution in [0.5, 0.6) is 23.0 Å². The summed E-state index contributed by atoms with van der Waals surface area (Å²) in [6.07, 6.45) is 4.88. The van der Waals surface area contributed by atoms with Gasteiger partial charge in [0.2, 0.25) is 6.79 Å². The van der Waals surface area contributed by atoms with Crippen LogP contribution >= 0.6 is 0 Å². The highest BCUT2D eigenvalue weighted by Gasteiger charge is 2.19. The van der Waals surface area contributed by atoms with Gasteiger partial charge in [0, 0.05) is 55.8 Å². The number of aromatic nitrogens is 4. The first-order valence-electron chi connectivity index (χ1n) is 14.9. The van der Waals surface area contributed by atoms with Crippen molar-refractivity contribution in [1.29, 1.82) is 0 Å². The maximum atomic E-state index is 5.97. The van der Waals surface area contributed by atoms with E-state index in [-0.39, 0.29) is 6.79 Å². The lowest BCUT2D eigenvalue weighted by Gasteiger charge is -2.32. The zero-order valence-electron chi connectivity index (χ0n) is 25.5. The van der Waals surface area contributed by atoms with Gasteiger partial charge in [0.1, 0.15) is 25.1 Å². The van der Waals surface area contributed by atoms with Crippen molar-refractivity contribution in [1.82, 2.24) is 29.7 Å². The van der Waals surface area contributed by atoms with Gasteiger partial charge >= 0.3 is 0 Å². The minimum Gasteiger partial charge on any atom is -0.493 e. The minimum absolute atomic E-state index is 0.201. The monoisotopic (exact) mass is 611 g/mol. The Kier molecular flexibility index (Phi) is 9.95. The average molecular weight is 612 g/mol. The molecule has 2 aliphatic heterocycles. The van der Waals surface area contributed by atoms with E-state index in [0.29, 0.717) is 48.6 Å². The molecule has 45 heavy (non-hydrogen) atoms. The molecule has 1 N–H and O–H groups in total. The minimum atomic E-state index is 0.201. The molecule has 7 rings (SSSR count). The summed E-state index contributed by atoms with van der Waals surface area (Å²) in [4.78, 5) is 21.6. The Balaban J connectivity index is 0.000000301. The Hall–Kier alpha value is -4.78. The third-order valence-electron chi connectivity index (χ3n) is 7.62. The summed E-state index contributed by atoms with van der Waals surface area (Å²) in [6.45, 7) is 7.19. The second-order valence-electron chi connectivity index (χ2n) is 10.6. The SMILES string of the molecule is COc1cc2c(Nc3cccc4c3OCO4)ncnc2cc1OCCOCCN1CCN(C)CC1.c1ccc2ncncc2c1. The first-order chi connectivity index (χ1) is 22.2. The molecule has 0 spiro atoms. The van der Waals surface area contributed by atoms with Crippen LogP contribution in [0.15, 0.2) is 73.4 Å². The molecule has 5 aromatic rings. The number of methoxy groups -OCH3 is 1. The van der Waals surface area contributed by atoms with Crippen LogP contribution in [0.4, 0.5) is 11.5 Å². The zero-order valence-corrected chi connectivity index (χ0v) is 25.5.